The molecule has 0 fully saturated rings. The van der Waals surface area contributed by atoms with Gasteiger partial charge >= 0.3 is 0 Å². The second-order valence-electron chi connectivity index (χ2n) is 3.59. The first-order valence-corrected chi connectivity index (χ1v) is 3.84. The van der Waals surface area contributed by atoms with Crippen LogP contribution in [0.4, 0.5) is 4.39 Å². The molecule has 0 saturated heterocycles. The Balaban J connectivity index is 2.77. The van der Waals surface area contributed by atoms with Crippen LogP contribution in [-0.4, -0.2) is 5.60 Å². The van der Waals surface area contributed by atoms with E-state index in [-0.39, 0.29) is 11.4 Å². The molecule has 0 aliphatic heterocycles. The fourth-order valence-corrected chi connectivity index (χ4v) is 0.807. The first kappa shape index (κ1) is 9.04. The quantitative estimate of drug-likeness (QED) is 0.625. The summed E-state index contributed by atoms with van der Waals surface area (Å²) in [5.74, 6) is 0.149. The Kier molecular flexibility index (Phi) is 2.36. The number of hydrogen-bond acceptors (Lipinski definition) is 1. The molecular weight excluding hydrogens is 155 g/mol. The maximum atomic E-state index is 12.6. The summed E-state index contributed by atoms with van der Waals surface area (Å²) in [5.41, 5.74) is -0.301. The highest BCUT2D eigenvalue weighted by molar-refractivity contribution is 5.21. The largest absolute Gasteiger partial charge is 0.487 e. The fraction of sp³-hybridized carbons (Fsp3) is 0.400. The monoisotopic (exact) mass is 167 g/mol. The van der Waals surface area contributed by atoms with Crippen LogP contribution in [0.3, 0.4) is 0 Å². The normalized spacial score (nSPS) is 11.3. The van der Waals surface area contributed by atoms with E-state index in [4.69, 9.17) is 4.74 Å². The highest BCUT2D eigenvalue weighted by Crippen LogP contribution is 2.17. The Labute approximate surface area is 72.2 Å². The molecule has 65 valence electrons. The summed E-state index contributed by atoms with van der Waals surface area (Å²) < 4.78 is 18.0. The van der Waals surface area contributed by atoms with Crippen molar-refractivity contribution in [2.75, 3.05) is 0 Å². The molecule has 0 bridgehead atoms. The van der Waals surface area contributed by atoms with E-state index in [2.05, 4.69) is 6.07 Å². The Morgan fingerprint density at radius 2 is 2.08 bits per heavy atom. The maximum absolute atomic E-state index is 12.6. The van der Waals surface area contributed by atoms with Gasteiger partial charge in [-0.2, -0.15) is 0 Å². The number of halogens is 1. The van der Waals surface area contributed by atoms with Crippen LogP contribution in [0.2, 0.25) is 0 Å². The van der Waals surface area contributed by atoms with Gasteiger partial charge in [0.25, 0.3) is 0 Å². The summed E-state index contributed by atoms with van der Waals surface area (Å²) in [4.78, 5) is 0. The Hall–Kier alpha value is -1.05. The van der Waals surface area contributed by atoms with Crippen molar-refractivity contribution in [3.8, 4) is 5.75 Å². The van der Waals surface area contributed by atoms with Gasteiger partial charge in [-0.3, -0.25) is 0 Å². The predicted molar refractivity (Wildman–Crippen MR) is 45.6 cm³/mol. The lowest BCUT2D eigenvalue weighted by Crippen LogP contribution is -2.22. The van der Waals surface area contributed by atoms with Crippen LogP contribution < -0.4 is 4.74 Å². The topological polar surface area (TPSA) is 9.23 Å². The van der Waals surface area contributed by atoms with Crippen LogP contribution in [0.25, 0.3) is 0 Å². The van der Waals surface area contributed by atoms with Gasteiger partial charge < -0.3 is 4.74 Å². The van der Waals surface area contributed by atoms with Gasteiger partial charge in [-0.05, 0) is 32.9 Å². The fourth-order valence-electron chi connectivity index (χ4n) is 0.807. The van der Waals surface area contributed by atoms with Gasteiger partial charge in [-0.15, -0.1) is 0 Å². The highest BCUT2D eigenvalue weighted by Gasteiger charge is 2.11. The van der Waals surface area contributed by atoms with Crippen molar-refractivity contribution in [3.05, 3.63) is 30.1 Å². The smallest absolute Gasteiger partial charge is 0.130 e. The summed E-state index contributed by atoms with van der Waals surface area (Å²) in [6.45, 7) is 5.73. The third-order valence-corrected chi connectivity index (χ3v) is 1.15. The lowest BCUT2D eigenvalue weighted by molar-refractivity contribution is 0.130. The molecule has 0 saturated carbocycles. The van der Waals surface area contributed by atoms with Crippen LogP contribution in [0.15, 0.2) is 18.2 Å². The molecule has 1 rings (SSSR count). The molecule has 0 unspecified atom stereocenters. The maximum Gasteiger partial charge on any atom is 0.130 e. The Morgan fingerprint density at radius 1 is 1.42 bits per heavy atom. The van der Waals surface area contributed by atoms with Crippen LogP contribution in [0.5, 0.6) is 5.75 Å². The number of rotatable bonds is 1. The van der Waals surface area contributed by atoms with E-state index in [0.29, 0.717) is 5.75 Å². The number of benzene rings is 1. The van der Waals surface area contributed by atoms with Crippen molar-refractivity contribution in [2.24, 2.45) is 0 Å². The molecule has 0 aromatic heterocycles. The molecule has 2 heteroatoms. The Morgan fingerprint density at radius 3 is 2.58 bits per heavy atom. The van der Waals surface area contributed by atoms with Crippen molar-refractivity contribution in [1.29, 1.82) is 0 Å². The number of ether oxygens (including phenoxy) is 1. The van der Waals surface area contributed by atoms with Crippen molar-refractivity contribution in [2.45, 2.75) is 26.4 Å². The zero-order valence-electron chi connectivity index (χ0n) is 7.52. The number of hydrogen-bond donors (Lipinski definition) is 0. The molecule has 0 aliphatic rings. The predicted octanol–water partition coefficient (Wildman–Crippen LogP) is 2.80. The van der Waals surface area contributed by atoms with Gasteiger partial charge in [-0.1, -0.05) is 0 Å². The van der Waals surface area contributed by atoms with Crippen molar-refractivity contribution in [3.63, 3.8) is 0 Å². The third-order valence-electron chi connectivity index (χ3n) is 1.15. The molecule has 12 heavy (non-hydrogen) atoms. The van der Waals surface area contributed by atoms with E-state index in [1.165, 1.54) is 18.2 Å². The van der Waals surface area contributed by atoms with Gasteiger partial charge in [0.15, 0.2) is 0 Å². The van der Waals surface area contributed by atoms with Gasteiger partial charge in [0.05, 0.1) is 0 Å². The molecule has 0 heterocycles. The van der Waals surface area contributed by atoms with Crippen LogP contribution in [0.1, 0.15) is 20.8 Å². The SMILES string of the molecule is CC(C)(C)Oc1[c]ccc(F)c1. The Bertz CT molecular complexity index is 263. The summed E-state index contributed by atoms with van der Waals surface area (Å²) in [6.07, 6.45) is 0. The van der Waals surface area contributed by atoms with Crippen molar-refractivity contribution in [1.82, 2.24) is 0 Å². The minimum Gasteiger partial charge on any atom is -0.487 e. The van der Waals surface area contributed by atoms with E-state index >= 15 is 0 Å². The lowest BCUT2D eigenvalue weighted by atomic mass is 10.2. The summed E-state index contributed by atoms with van der Waals surface area (Å²) >= 11 is 0. The van der Waals surface area contributed by atoms with E-state index in [0.717, 1.165) is 0 Å². The molecule has 0 N–H and O–H groups in total. The average molecular weight is 167 g/mol. The molecular formula is C10H12FO. The molecule has 1 aromatic carbocycles. The van der Waals surface area contributed by atoms with Crippen LogP contribution in [0, 0.1) is 11.9 Å². The van der Waals surface area contributed by atoms with Gasteiger partial charge in [0.2, 0.25) is 0 Å². The molecule has 0 amide bonds. The minimum atomic E-state index is -0.301. The van der Waals surface area contributed by atoms with Gasteiger partial charge in [-0.25, -0.2) is 4.39 Å². The first-order valence-electron chi connectivity index (χ1n) is 3.84. The molecule has 1 nitrogen and oxygen atoms in total. The molecule has 0 atom stereocenters. The van der Waals surface area contributed by atoms with E-state index in [1.54, 1.807) is 0 Å². The summed E-state index contributed by atoms with van der Waals surface area (Å²) in [5, 5.41) is 0. The van der Waals surface area contributed by atoms with Gasteiger partial charge in [0.1, 0.15) is 17.2 Å². The highest BCUT2D eigenvalue weighted by atomic mass is 19.1. The van der Waals surface area contributed by atoms with Crippen molar-refractivity contribution >= 4 is 0 Å². The second kappa shape index (κ2) is 3.13. The standard InChI is InChI=1S/C10H12FO/c1-10(2,3)12-9-6-4-5-8(11)7-9/h4-5,7H,1-3H3. The van der Waals surface area contributed by atoms with Crippen LogP contribution >= 0.6 is 0 Å². The van der Waals surface area contributed by atoms with E-state index in [9.17, 15) is 4.39 Å². The zero-order valence-corrected chi connectivity index (χ0v) is 7.52. The molecule has 0 aliphatic carbocycles. The zero-order chi connectivity index (χ0) is 9.19. The summed E-state index contributed by atoms with van der Waals surface area (Å²) in [6, 6.07) is 6.98. The molecule has 0 spiro atoms. The van der Waals surface area contributed by atoms with Crippen LogP contribution in [-0.2, 0) is 0 Å². The first-order chi connectivity index (χ1) is 5.47. The minimum absolute atomic E-state index is 0.298. The lowest BCUT2D eigenvalue weighted by Gasteiger charge is -2.20. The van der Waals surface area contributed by atoms with Crippen molar-refractivity contribution < 1.29 is 9.13 Å². The van der Waals surface area contributed by atoms with E-state index in [1.807, 2.05) is 20.8 Å². The van der Waals surface area contributed by atoms with Gasteiger partial charge in [0, 0.05) is 12.1 Å². The molecule has 1 radical (unpaired) electrons. The third kappa shape index (κ3) is 2.91. The molecule has 1 aromatic rings. The summed E-state index contributed by atoms with van der Waals surface area (Å²) in [7, 11) is 0. The average Bonchev–Trinajstić information content (AvgIpc) is 1.82. The second-order valence-corrected chi connectivity index (χ2v) is 3.59. The van der Waals surface area contributed by atoms with E-state index < -0.39 is 0 Å².